The normalized spacial score (nSPS) is 16.1. The molecule has 3 heterocycles. The van der Waals surface area contributed by atoms with Crippen LogP contribution in [-0.4, -0.2) is 33.7 Å². The molecule has 1 N–H and O–H groups in total. The molecule has 3 rings (SSSR count). The van der Waals surface area contributed by atoms with Crippen LogP contribution in [0.3, 0.4) is 0 Å². The maximum absolute atomic E-state index is 13.8. The quantitative estimate of drug-likeness (QED) is 0.925. The van der Waals surface area contributed by atoms with Crippen LogP contribution in [0, 0.1) is 5.82 Å². The van der Waals surface area contributed by atoms with Crippen LogP contribution in [0.15, 0.2) is 18.5 Å². The molecule has 0 amide bonds. The van der Waals surface area contributed by atoms with Crippen LogP contribution >= 0.6 is 12.4 Å². The number of halogens is 2. The van der Waals surface area contributed by atoms with Crippen molar-refractivity contribution in [3.63, 3.8) is 0 Å². The number of nitrogens with zero attached hydrogens (tertiary/aromatic N) is 2. The van der Waals surface area contributed by atoms with Crippen molar-refractivity contribution in [2.75, 3.05) is 13.2 Å². The predicted molar refractivity (Wildman–Crippen MR) is 72.2 cm³/mol. The second kappa shape index (κ2) is 5.76. The SMILES string of the molecule is Cl.O=C(O)c1cc(F)c2nc(C3CCOCC3)cn2c1. The highest BCUT2D eigenvalue weighted by Crippen LogP contribution is 2.27. The number of hydrogen-bond donors (Lipinski definition) is 1. The van der Waals surface area contributed by atoms with Crippen LogP contribution in [0.1, 0.15) is 34.8 Å². The third kappa shape index (κ3) is 2.62. The molecule has 0 atom stereocenters. The van der Waals surface area contributed by atoms with Gasteiger partial charge >= 0.3 is 5.97 Å². The summed E-state index contributed by atoms with van der Waals surface area (Å²) in [4.78, 5) is 15.2. The van der Waals surface area contributed by atoms with Crippen molar-refractivity contribution < 1.29 is 19.0 Å². The van der Waals surface area contributed by atoms with Crippen molar-refractivity contribution in [1.29, 1.82) is 0 Å². The lowest BCUT2D eigenvalue weighted by atomic mass is 9.97. The maximum atomic E-state index is 13.8. The summed E-state index contributed by atoms with van der Waals surface area (Å²) >= 11 is 0. The first kappa shape index (κ1) is 14.7. The van der Waals surface area contributed by atoms with Crippen LogP contribution in [0.5, 0.6) is 0 Å². The van der Waals surface area contributed by atoms with E-state index in [9.17, 15) is 9.18 Å². The van der Waals surface area contributed by atoms with E-state index in [2.05, 4.69) is 4.98 Å². The fourth-order valence-corrected chi connectivity index (χ4v) is 2.38. The van der Waals surface area contributed by atoms with Gasteiger partial charge in [0.05, 0.1) is 11.3 Å². The Morgan fingerprint density at radius 1 is 1.40 bits per heavy atom. The lowest BCUT2D eigenvalue weighted by molar-refractivity contribution is 0.0695. The zero-order valence-electron chi connectivity index (χ0n) is 10.6. The lowest BCUT2D eigenvalue weighted by Crippen LogP contribution is -2.14. The first-order valence-electron chi connectivity index (χ1n) is 6.14. The third-order valence-corrected chi connectivity index (χ3v) is 3.41. The number of aromatic nitrogens is 2. The van der Waals surface area contributed by atoms with Crippen LogP contribution in [0.25, 0.3) is 5.65 Å². The summed E-state index contributed by atoms with van der Waals surface area (Å²) in [7, 11) is 0. The molecule has 0 saturated carbocycles. The first-order chi connectivity index (χ1) is 9.15. The molecule has 0 aromatic carbocycles. The summed E-state index contributed by atoms with van der Waals surface area (Å²) < 4.78 is 20.5. The van der Waals surface area contributed by atoms with Gasteiger partial charge in [-0.3, -0.25) is 0 Å². The van der Waals surface area contributed by atoms with E-state index in [1.807, 2.05) is 0 Å². The van der Waals surface area contributed by atoms with Crippen molar-refractivity contribution in [1.82, 2.24) is 9.38 Å². The van der Waals surface area contributed by atoms with Crippen molar-refractivity contribution in [3.8, 4) is 0 Å². The van der Waals surface area contributed by atoms with E-state index in [1.165, 1.54) is 10.6 Å². The average molecular weight is 301 g/mol. The Morgan fingerprint density at radius 3 is 2.75 bits per heavy atom. The summed E-state index contributed by atoms with van der Waals surface area (Å²) in [5.41, 5.74) is 0.886. The Balaban J connectivity index is 0.00000147. The molecular weight excluding hydrogens is 287 g/mol. The summed E-state index contributed by atoms with van der Waals surface area (Å²) in [6.07, 6.45) is 4.81. The van der Waals surface area contributed by atoms with E-state index in [-0.39, 0.29) is 29.5 Å². The Kier molecular flexibility index (Phi) is 4.25. The number of ether oxygens (including phenoxy) is 1. The monoisotopic (exact) mass is 300 g/mol. The number of carbonyl (C=O) groups is 1. The average Bonchev–Trinajstić information content (AvgIpc) is 2.84. The van der Waals surface area contributed by atoms with Gasteiger partial charge in [-0.15, -0.1) is 12.4 Å². The number of hydrogen-bond acceptors (Lipinski definition) is 3. The fraction of sp³-hybridized carbons (Fsp3) is 0.385. The Hall–Kier alpha value is -1.66. The van der Waals surface area contributed by atoms with Gasteiger partial charge in [0.25, 0.3) is 0 Å². The predicted octanol–water partition coefficient (Wildman–Crippen LogP) is 2.49. The van der Waals surface area contributed by atoms with E-state index in [1.54, 1.807) is 6.20 Å². The third-order valence-electron chi connectivity index (χ3n) is 3.41. The van der Waals surface area contributed by atoms with Gasteiger partial charge in [0.2, 0.25) is 0 Å². The number of imidazole rings is 1. The smallest absolute Gasteiger partial charge is 0.337 e. The zero-order valence-corrected chi connectivity index (χ0v) is 11.4. The number of carboxylic acids is 1. The van der Waals surface area contributed by atoms with Gasteiger partial charge in [-0.2, -0.15) is 0 Å². The number of pyridine rings is 1. The first-order valence-corrected chi connectivity index (χ1v) is 6.14. The minimum atomic E-state index is -1.15. The molecule has 7 heteroatoms. The van der Waals surface area contributed by atoms with E-state index >= 15 is 0 Å². The molecule has 108 valence electrons. The number of carboxylic acid groups (broad SMARTS) is 1. The number of rotatable bonds is 2. The van der Waals surface area contributed by atoms with Gasteiger partial charge in [0.1, 0.15) is 0 Å². The molecule has 0 spiro atoms. The number of fused-ring (bicyclic) bond motifs is 1. The molecule has 0 bridgehead atoms. The second-order valence-electron chi connectivity index (χ2n) is 4.67. The Morgan fingerprint density at radius 2 is 2.10 bits per heavy atom. The molecule has 2 aromatic rings. The highest BCUT2D eigenvalue weighted by molar-refractivity contribution is 5.87. The van der Waals surface area contributed by atoms with E-state index in [0.29, 0.717) is 13.2 Å². The van der Waals surface area contributed by atoms with Crippen LogP contribution in [0.4, 0.5) is 4.39 Å². The van der Waals surface area contributed by atoms with E-state index < -0.39 is 11.8 Å². The fourth-order valence-electron chi connectivity index (χ4n) is 2.38. The Bertz CT molecular complexity index is 638. The molecular formula is C13H14ClFN2O3. The van der Waals surface area contributed by atoms with Gasteiger partial charge < -0.3 is 14.2 Å². The summed E-state index contributed by atoms with van der Waals surface area (Å²) in [5, 5.41) is 8.91. The van der Waals surface area contributed by atoms with Gasteiger partial charge in [-0.25, -0.2) is 14.2 Å². The topological polar surface area (TPSA) is 63.8 Å². The van der Waals surface area contributed by atoms with Crippen molar-refractivity contribution in [2.24, 2.45) is 0 Å². The largest absolute Gasteiger partial charge is 0.478 e. The molecule has 2 aromatic heterocycles. The highest BCUT2D eigenvalue weighted by atomic mass is 35.5. The summed E-state index contributed by atoms with van der Waals surface area (Å²) in [5.74, 6) is -1.51. The van der Waals surface area contributed by atoms with Gasteiger partial charge in [-0.05, 0) is 18.9 Å². The zero-order chi connectivity index (χ0) is 13.4. The molecule has 0 radical (unpaired) electrons. The maximum Gasteiger partial charge on any atom is 0.337 e. The molecule has 5 nitrogen and oxygen atoms in total. The van der Waals surface area contributed by atoms with E-state index in [4.69, 9.17) is 9.84 Å². The van der Waals surface area contributed by atoms with Crippen LogP contribution in [-0.2, 0) is 4.74 Å². The second-order valence-corrected chi connectivity index (χ2v) is 4.67. The minimum absolute atomic E-state index is 0. The number of aromatic carboxylic acids is 1. The van der Waals surface area contributed by atoms with Crippen molar-refractivity contribution in [3.05, 3.63) is 35.5 Å². The van der Waals surface area contributed by atoms with Crippen LogP contribution < -0.4 is 0 Å². The van der Waals surface area contributed by atoms with Crippen molar-refractivity contribution >= 4 is 24.0 Å². The van der Waals surface area contributed by atoms with Gasteiger partial charge in [-0.1, -0.05) is 0 Å². The molecule has 0 aliphatic carbocycles. The van der Waals surface area contributed by atoms with Gasteiger partial charge in [0.15, 0.2) is 11.5 Å². The van der Waals surface area contributed by atoms with Crippen LogP contribution in [0.2, 0.25) is 0 Å². The molecule has 0 unspecified atom stereocenters. The standard InChI is InChI=1S/C13H13FN2O3.ClH/c14-10-5-9(13(17)18)6-16-7-11(15-12(10)16)8-1-3-19-4-2-8;/h5-8H,1-4H2,(H,17,18);1H. The van der Waals surface area contributed by atoms with E-state index in [0.717, 1.165) is 24.6 Å². The molecule has 1 fully saturated rings. The lowest BCUT2D eigenvalue weighted by Gasteiger charge is -2.19. The summed E-state index contributed by atoms with van der Waals surface area (Å²) in [6, 6.07) is 0.998. The highest BCUT2D eigenvalue weighted by Gasteiger charge is 2.20. The molecule has 1 aliphatic heterocycles. The molecule has 20 heavy (non-hydrogen) atoms. The minimum Gasteiger partial charge on any atom is -0.478 e. The summed E-state index contributed by atoms with van der Waals surface area (Å²) in [6.45, 7) is 1.36. The Labute approximate surface area is 120 Å². The molecule has 1 aliphatic rings. The molecule has 1 saturated heterocycles. The van der Waals surface area contributed by atoms with Crippen molar-refractivity contribution in [2.45, 2.75) is 18.8 Å². The van der Waals surface area contributed by atoms with Gasteiger partial charge in [0, 0.05) is 31.5 Å².